The SMILES string of the molecule is CCOc1nnc(CN2CCO[C@@H](Cn3cccn3)C2)s1. The third-order valence-electron chi connectivity index (χ3n) is 3.25. The number of hydrogen-bond acceptors (Lipinski definition) is 7. The molecule has 2 aromatic heterocycles. The molecule has 1 saturated heterocycles. The lowest BCUT2D eigenvalue weighted by Gasteiger charge is -2.32. The molecule has 0 aromatic carbocycles. The van der Waals surface area contributed by atoms with Gasteiger partial charge in [0.15, 0.2) is 0 Å². The van der Waals surface area contributed by atoms with Gasteiger partial charge in [0.2, 0.25) is 0 Å². The summed E-state index contributed by atoms with van der Waals surface area (Å²) in [5, 5.41) is 14.1. The Morgan fingerprint density at radius 3 is 3.24 bits per heavy atom. The van der Waals surface area contributed by atoms with E-state index in [4.69, 9.17) is 9.47 Å². The van der Waals surface area contributed by atoms with E-state index >= 15 is 0 Å². The van der Waals surface area contributed by atoms with Gasteiger partial charge in [0.25, 0.3) is 5.19 Å². The minimum Gasteiger partial charge on any atom is -0.469 e. The summed E-state index contributed by atoms with van der Waals surface area (Å²) in [6.07, 6.45) is 3.91. The molecule has 1 aliphatic rings. The van der Waals surface area contributed by atoms with Crippen molar-refractivity contribution in [3.63, 3.8) is 0 Å². The van der Waals surface area contributed by atoms with Crippen LogP contribution in [0.3, 0.4) is 0 Å². The van der Waals surface area contributed by atoms with E-state index in [9.17, 15) is 0 Å². The molecule has 0 radical (unpaired) electrons. The van der Waals surface area contributed by atoms with Crippen molar-refractivity contribution >= 4 is 11.3 Å². The number of nitrogens with zero attached hydrogens (tertiary/aromatic N) is 5. The summed E-state index contributed by atoms with van der Waals surface area (Å²) in [6.45, 7) is 6.68. The molecular formula is C13H19N5O2S. The van der Waals surface area contributed by atoms with Crippen LogP contribution in [-0.4, -0.2) is 57.3 Å². The van der Waals surface area contributed by atoms with E-state index in [0.29, 0.717) is 11.8 Å². The maximum absolute atomic E-state index is 5.80. The van der Waals surface area contributed by atoms with E-state index in [2.05, 4.69) is 20.2 Å². The highest BCUT2D eigenvalue weighted by Gasteiger charge is 2.22. The fourth-order valence-electron chi connectivity index (χ4n) is 2.33. The smallest absolute Gasteiger partial charge is 0.294 e. The molecule has 1 fully saturated rings. The topological polar surface area (TPSA) is 65.3 Å². The molecule has 114 valence electrons. The molecule has 3 rings (SSSR count). The molecule has 0 N–H and O–H groups in total. The Morgan fingerprint density at radius 2 is 2.43 bits per heavy atom. The monoisotopic (exact) mass is 309 g/mol. The number of rotatable bonds is 6. The predicted octanol–water partition coefficient (Wildman–Crippen LogP) is 1.03. The van der Waals surface area contributed by atoms with E-state index < -0.39 is 0 Å². The molecule has 0 bridgehead atoms. The summed E-state index contributed by atoms with van der Waals surface area (Å²) in [5.74, 6) is 0. The van der Waals surface area contributed by atoms with Gasteiger partial charge >= 0.3 is 0 Å². The first-order chi connectivity index (χ1) is 10.3. The fraction of sp³-hybridized carbons (Fsp3) is 0.615. The molecule has 3 heterocycles. The van der Waals surface area contributed by atoms with Crippen molar-refractivity contribution in [2.75, 3.05) is 26.3 Å². The quantitative estimate of drug-likeness (QED) is 0.794. The first-order valence-electron chi connectivity index (χ1n) is 7.10. The Bertz CT molecular complexity index is 545. The molecule has 21 heavy (non-hydrogen) atoms. The largest absolute Gasteiger partial charge is 0.469 e. The van der Waals surface area contributed by atoms with Gasteiger partial charge in [0.05, 0.1) is 32.4 Å². The van der Waals surface area contributed by atoms with Gasteiger partial charge in [-0.2, -0.15) is 5.10 Å². The number of morpholine rings is 1. The first-order valence-corrected chi connectivity index (χ1v) is 7.91. The van der Waals surface area contributed by atoms with Crippen LogP contribution >= 0.6 is 11.3 Å². The van der Waals surface area contributed by atoms with Crippen LogP contribution in [-0.2, 0) is 17.8 Å². The van der Waals surface area contributed by atoms with Gasteiger partial charge in [-0.15, -0.1) is 10.2 Å². The predicted molar refractivity (Wildman–Crippen MR) is 78.3 cm³/mol. The fourth-order valence-corrected chi connectivity index (χ4v) is 3.12. The normalized spacial score (nSPS) is 19.8. The second-order valence-electron chi connectivity index (χ2n) is 4.85. The molecule has 0 spiro atoms. The number of hydrogen-bond donors (Lipinski definition) is 0. The van der Waals surface area contributed by atoms with Crippen LogP contribution in [0.1, 0.15) is 11.9 Å². The lowest BCUT2D eigenvalue weighted by atomic mass is 10.2. The van der Waals surface area contributed by atoms with Crippen molar-refractivity contribution in [1.29, 1.82) is 0 Å². The first kappa shape index (κ1) is 14.4. The van der Waals surface area contributed by atoms with E-state index in [1.54, 1.807) is 6.20 Å². The zero-order valence-corrected chi connectivity index (χ0v) is 12.8. The molecule has 7 nitrogen and oxygen atoms in total. The zero-order valence-electron chi connectivity index (χ0n) is 12.0. The molecular weight excluding hydrogens is 290 g/mol. The van der Waals surface area contributed by atoms with Crippen LogP contribution in [0, 0.1) is 0 Å². The van der Waals surface area contributed by atoms with E-state index in [0.717, 1.165) is 37.8 Å². The number of ether oxygens (including phenoxy) is 2. The molecule has 0 unspecified atom stereocenters. The van der Waals surface area contributed by atoms with Crippen LogP contribution in [0.15, 0.2) is 18.5 Å². The summed E-state index contributed by atoms with van der Waals surface area (Å²) in [4.78, 5) is 2.34. The lowest BCUT2D eigenvalue weighted by molar-refractivity contribution is -0.0402. The third kappa shape index (κ3) is 3.99. The molecule has 1 aliphatic heterocycles. The highest BCUT2D eigenvalue weighted by molar-refractivity contribution is 7.13. The van der Waals surface area contributed by atoms with Crippen molar-refractivity contribution in [2.45, 2.75) is 26.1 Å². The van der Waals surface area contributed by atoms with E-state index in [-0.39, 0.29) is 6.10 Å². The van der Waals surface area contributed by atoms with Gasteiger partial charge in [-0.3, -0.25) is 9.58 Å². The second-order valence-corrected chi connectivity index (χ2v) is 5.88. The van der Waals surface area contributed by atoms with Gasteiger partial charge in [-0.05, 0) is 13.0 Å². The van der Waals surface area contributed by atoms with Gasteiger partial charge in [0, 0.05) is 25.5 Å². The summed E-state index contributed by atoms with van der Waals surface area (Å²) in [6, 6.07) is 1.93. The molecule has 2 aromatic rings. The average molecular weight is 309 g/mol. The van der Waals surface area contributed by atoms with Crippen molar-refractivity contribution in [3.8, 4) is 5.19 Å². The van der Waals surface area contributed by atoms with Crippen LogP contribution < -0.4 is 4.74 Å². The number of aromatic nitrogens is 4. The summed E-state index contributed by atoms with van der Waals surface area (Å²) in [7, 11) is 0. The molecule has 0 amide bonds. The summed E-state index contributed by atoms with van der Waals surface area (Å²) in [5.41, 5.74) is 0. The van der Waals surface area contributed by atoms with Crippen LogP contribution in [0.5, 0.6) is 5.19 Å². The highest BCUT2D eigenvalue weighted by Crippen LogP contribution is 2.20. The van der Waals surface area contributed by atoms with Crippen LogP contribution in [0.25, 0.3) is 0 Å². The molecule has 0 saturated carbocycles. The molecule has 0 aliphatic carbocycles. The third-order valence-corrected chi connectivity index (χ3v) is 4.07. The van der Waals surface area contributed by atoms with Gasteiger partial charge in [-0.1, -0.05) is 11.3 Å². The van der Waals surface area contributed by atoms with Crippen LogP contribution in [0.4, 0.5) is 0 Å². The van der Waals surface area contributed by atoms with Crippen LogP contribution in [0.2, 0.25) is 0 Å². The van der Waals surface area contributed by atoms with Crippen molar-refractivity contribution in [1.82, 2.24) is 24.9 Å². The minimum atomic E-state index is 0.165. The van der Waals surface area contributed by atoms with Gasteiger partial charge < -0.3 is 9.47 Å². The Morgan fingerprint density at radius 1 is 1.48 bits per heavy atom. The highest BCUT2D eigenvalue weighted by atomic mass is 32.1. The molecule has 8 heteroatoms. The zero-order chi connectivity index (χ0) is 14.5. The van der Waals surface area contributed by atoms with E-state index in [1.165, 1.54) is 11.3 Å². The van der Waals surface area contributed by atoms with Gasteiger partial charge in [0.1, 0.15) is 5.01 Å². The van der Waals surface area contributed by atoms with Crippen molar-refractivity contribution in [3.05, 3.63) is 23.5 Å². The lowest BCUT2D eigenvalue weighted by Crippen LogP contribution is -2.43. The average Bonchev–Trinajstić information content (AvgIpc) is 3.12. The Balaban J connectivity index is 1.53. The minimum absolute atomic E-state index is 0.165. The summed E-state index contributed by atoms with van der Waals surface area (Å²) < 4.78 is 13.1. The van der Waals surface area contributed by atoms with E-state index in [1.807, 2.05) is 23.9 Å². The summed E-state index contributed by atoms with van der Waals surface area (Å²) >= 11 is 1.51. The second kappa shape index (κ2) is 6.97. The Hall–Kier alpha value is -1.51. The maximum atomic E-state index is 5.80. The Labute approximate surface area is 127 Å². The van der Waals surface area contributed by atoms with Gasteiger partial charge in [-0.25, -0.2) is 0 Å². The molecule has 1 atom stereocenters. The van der Waals surface area contributed by atoms with Crippen molar-refractivity contribution < 1.29 is 9.47 Å². The van der Waals surface area contributed by atoms with Crippen molar-refractivity contribution in [2.24, 2.45) is 0 Å². The Kier molecular flexibility index (Phi) is 4.79. The maximum Gasteiger partial charge on any atom is 0.294 e. The standard InChI is InChI=1S/C13H19N5O2S/c1-2-19-13-16-15-12(21-13)10-17-6-7-20-11(8-17)9-18-5-3-4-14-18/h3-5,11H,2,6-10H2,1H3/t11-/m1/s1.